The highest BCUT2D eigenvalue weighted by Gasteiger charge is 2.11. The first-order chi connectivity index (χ1) is 6.02. The van der Waals surface area contributed by atoms with E-state index in [0.29, 0.717) is 5.56 Å². The van der Waals surface area contributed by atoms with Gasteiger partial charge in [0.05, 0.1) is 0 Å². The number of hydrogen-bond acceptors (Lipinski definition) is 3. The average molecular weight is 181 g/mol. The first kappa shape index (κ1) is 9.54. The number of rotatable bonds is 2. The van der Waals surface area contributed by atoms with E-state index in [1.165, 1.54) is 12.1 Å². The Morgan fingerprint density at radius 1 is 1.54 bits per heavy atom. The summed E-state index contributed by atoms with van der Waals surface area (Å²) in [5.74, 6) is -1.39. The van der Waals surface area contributed by atoms with E-state index in [2.05, 4.69) is 0 Å². The second kappa shape index (κ2) is 3.45. The molecule has 4 nitrogen and oxygen atoms in total. The van der Waals surface area contributed by atoms with Crippen molar-refractivity contribution in [1.29, 1.82) is 0 Å². The molecular formula is C9H11NO3. The van der Waals surface area contributed by atoms with Crippen molar-refractivity contribution in [2.75, 3.05) is 0 Å². The van der Waals surface area contributed by atoms with Crippen molar-refractivity contribution >= 4 is 5.97 Å². The molecular weight excluding hydrogens is 170 g/mol. The van der Waals surface area contributed by atoms with E-state index in [1.807, 2.05) is 0 Å². The summed E-state index contributed by atoms with van der Waals surface area (Å²) in [6.07, 6.45) is 0. The molecule has 1 atom stereocenters. The Labute approximate surface area is 75.6 Å². The van der Waals surface area contributed by atoms with E-state index in [4.69, 9.17) is 15.9 Å². The van der Waals surface area contributed by atoms with Crippen molar-refractivity contribution < 1.29 is 15.0 Å². The molecule has 1 rings (SSSR count). The molecule has 0 aromatic heterocycles. The molecule has 0 aliphatic rings. The van der Waals surface area contributed by atoms with Crippen molar-refractivity contribution in [1.82, 2.24) is 0 Å². The Kier molecular flexibility index (Phi) is 2.53. The third kappa shape index (κ3) is 1.97. The van der Waals surface area contributed by atoms with E-state index < -0.39 is 5.97 Å². The van der Waals surface area contributed by atoms with Crippen molar-refractivity contribution in [3.05, 3.63) is 29.3 Å². The summed E-state index contributed by atoms with van der Waals surface area (Å²) in [4.78, 5) is 10.6. The normalized spacial score (nSPS) is 12.5. The maximum Gasteiger partial charge on any atom is 0.339 e. The van der Waals surface area contributed by atoms with Gasteiger partial charge in [0.15, 0.2) is 0 Å². The quantitative estimate of drug-likeness (QED) is 0.638. The third-order valence-corrected chi connectivity index (χ3v) is 1.78. The standard InChI is InChI=1S/C9H11NO3/c1-5(10)6-2-3-8(11)7(4-6)9(12)13/h2-5,11H,10H2,1H3,(H,12,13)/t5-/m1/s1. The van der Waals surface area contributed by atoms with Crippen LogP contribution in [0.2, 0.25) is 0 Å². The van der Waals surface area contributed by atoms with E-state index in [9.17, 15) is 4.79 Å². The molecule has 0 spiro atoms. The van der Waals surface area contributed by atoms with Crippen LogP contribution in [0, 0.1) is 0 Å². The Morgan fingerprint density at radius 3 is 2.62 bits per heavy atom. The number of nitrogens with two attached hydrogens (primary N) is 1. The number of aromatic hydroxyl groups is 1. The van der Waals surface area contributed by atoms with E-state index in [1.54, 1.807) is 13.0 Å². The molecule has 0 unspecified atom stereocenters. The fourth-order valence-electron chi connectivity index (χ4n) is 1.01. The highest BCUT2D eigenvalue weighted by Crippen LogP contribution is 2.21. The summed E-state index contributed by atoms with van der Waals surface area (Å²) in [7, 11) is 0. The van der Waals surface area contributed by atoms with Crippen molar-refractivity contribution in [2.24, 2.45) is 5.73 Å². The van der Waals surface area contributed by atoms with Crippen LogP contribution in [-0.4, -0.2) is 16.2 Å². The molecule has 4 N–H and O–H groups in total. The number of aromatic carboxylic acids is 1. The molecule has 0 fully saturated rings. The molecule has 0 heterocycles. The zero-order valence-corrected chi connectivity index (χ0v) is 7.19. The minimum absolute atomic E-state index is 0.116. The monoisotopic (exact) mass is 181 g/mol. The summed E-state index contributed by atoms with van der Waals surface area (Å²) < 4.78 is 0. The van der Waals surface area contributed by atoms with Crippen molar-refractivity contribution in [2.45, 2.75) is 13.0 Å². The minimum Gasteiger partial charge on any atom is -0.507 e. The van der Waals surface area contributed by atoms with Gasteiger partial charge in [-0.15, -0.1) is 0 Å². The molecule has 1 aromatic rings. The Morgan fingerprint density at radius 2 is 2.15 bits per heavy atom. The van der Waals surface area contributed by atoms with Crippen LogP contribution < -0.4 is 5.73 Å². The van der Waals surface area contributed by atoms with E-state index >= 15 is 0 Å². The fraction of sp³-hybridized carbons (Fsp3) is 0.222. The second-order valence-electron chi connectivity index (χ2n) is 2.87. The van der Waals surface area contributed by atoms with Gasteiger partial charge in [-0.3, -0.25) is 0 Å². The SMILES string of the molecule is C[C@@H](N)c1ccc(O)c(C(=O)O)c1. The van der Waals surface area contributed by atoms with Gasteiger partial charge in [0.2, 0.25) is 0 Å². The molecule has 0 bridgehead atoms. The van der Waals surface area contributed by atoms with Crippen molar-refractivity contribution in [3.8, 4) is 5.75 Å². The number of benzene rings is 1. The van der Waals surface area contributed by atoms with Crippen LogP contribution in [0.3, 0.4) is 0 Å². The first-order valence-corrected chi connectivity index (χ1v) is 3.84. The lowest BCUT2D eigenvalue weighted by molar-refractivity contribution is 0.0693. The number of carboxylic acids is 1. The summed E-state index contributed by atoms with van der Waals surface area (Å²) >= 11 is 0. The second-order valence-corrected chi connectivity index (χ2v) is 2.87. The van der Waals surface area contributed by atoms with Crippen LogP contribution in [0.15, 0.2) is 18.2 Å². The largest absolute Gasteiger partial charge is 0.507 e. The summed E-state index contributed by atoms with van der Waals surface area (Å²) in [6, 6.07) is 4.08. The van der Waals surface area contributed by atoms with Gasteiger partial charge in [0.1, 0.15) is 11.3 Å². The molecule has 0 radical (unpaired) electrons. The number of carbonyl (C=O) groups is 1. The molecule has 1 aromatic carbocycles. The van der Waals surface area contributed by atoms with Gasteiger partial charge in [-0.2, -0.15) is 0 Å². The maximum absolute atomic E-state index is 10.6. The van der Waals surface area contributed by atoms with Gasteiger partial charge in [0.25, 0.3) is 0 Å². The van der Waals surface area contributed by atoms with Gasteiger partial charge in [-0.25, -0.2) is 4.79 Å². The van der Waals surface area contributed by atoms with Crippen LogP contribution in [0.25, 0.3) is 0 Å². The molecule has 0 amide bonds. The van der Waals surface area contributed by atoms with Gasteiger partial charge in [0, 0.05) is 6.04 Å². The molecule has 0 saturated heterocycles. The Hall–Kier alpha value is -1.55. The highest BCUT2D eigenvalue weighted by molar-refractivity contribution is 5.90. The Balaban J connectivity index is 3.19. The maximum atomic E-state index is 10.6. The predicted molar refractivity (Wildman–Crippen MR) is 47.7 cm³/mol. The summed E-state index contributed by atoms with van der Waals surface area (Å²) in [5.41, 5.74) is 6.13. The van der Waals surface area contributed by atoms with Gasteiger partial charge in [-0.05, 0) is 24.6 Å². The Bertz CT molecular complexity index is 334. The summed E-state index contributed by atoms with van der Waals surface area (Å²) in [6.45, 7) is 1.75. The van der Waals surface area contributed by atoms with Crippen LogP contribution in [-0.2, 0) is 0 Å². The van der Waals surface area contributed by atoms with Gasteiger partial charge in [-0.1, -0.05) is 6.07 Å². The lowest BCUT2D eigenvalue weighted by Gasteiger charge is -2.07. The van der Waals surface area contributed by atoms with Crippen LogP contribution in [0.5, 0.6) is 5.75 Å². The van der Waals surface area contributed by atoms with Crippen LogP contribution in [0.1, 0.15) is 28.9 Å². The predicted octanol–water partition coefficient (Wildman–Crippen LogP) is 1.11. The van der Waals surface area contributed by atoms with E-state index in [-0.39, 0.29) is 17.4 Å². The molecule has 4 heteroatoms. The molecule has 0 aliphatic heterocycles. The van der Waals surface area contributed by atoms with Crippen LogP contribution in [0.4, 0.5) is 0 Å². The molecule has 70 valence electrons. The first-order valence-electron chi connectivity index (χ1n) is 3.84. The zero-order valence-electron chi connectivity index (χ0n) is 7.19. The molecule has 13 heavy (non-hydrogen) atoms. The number of phenols is 1. The van der Waals surface area contributed by atoms with Crippen molar-refractivity contribution in [3.63, 3.8) is 0 Å². The zero-order chi connectivity index (χ0) is 10.0. The topological polar surface area (TPSA) is 83.5 Å². The molecule has 0 saturated carbocycles. The highest BCUT2D eigenvalue weighted by atomic mass is 16.4. The fourth-order valence-corrected chi connectivity index (χ4v) is 1.01. The smallest absolute Gasteiger partial charge is 0.339 e. The summed E-state index contributed by atoms with van der Waals surface area (Å²) in [5, 5.41) is 17.8. The average Bonchev–Trinajstić information content (AvgIpc) is 2.04. The third-order valence-electron chi connectivity index (χ3n) is 1.78. The lowest BCUT2D eigenvalue weighted by Crippen LogP contribution is -2.06. The van der Waals surface area contributed by atoms with Gasteiger partial charge >= 0.3 is 5.97 Å². The lowest BCUT2D eigenvalue weighted by atomic mass is 10.1. The van der Waals surface area contributed by atoms with Crippen LogP contribution >= 0.6 is 0 Å². The number of hydrogen-bond donors (Lipinski definition) is 3. The van der Waals surface area contributed by atoms with E-state index in [0.717, 1.165) is 0 Å². The molecule has 0 aliphatic carbocycles. The minimum atomic E-state index is -1.15. The number of carboxylic acid groups (broad SMARTS) is 1. The van der Waals surface area contributed by atoms with Gasteiger partial charge < -0.3 is 15.9 Å².